The first-order valence-electron chi connectivity index (χ1n) is 22.9. The van der Waals surface area contributed by atoms with Crippen molar-refractivity contribution in [2.24, 2.45) is 0 Å². The van der Waals surface area contributed by atoms with Crippen molar-refractivity contribution in [3.63, 3.8) is 0 Å². The molecule has 9 aromatic carbocycles. The molecule has 9 aromatic rings. The molecule has 5 nitrogen and oxygen atoms in total. The van der Waals surface area contributed by atoms with Gasteiger partial charge in [-0.3, -0.25) is 4.79 Å². The van der Waals surface area contributed by atoms with E-state index < -0.39 is 0 Å². The Labute approximate surface area is 464 Å². The number of nitrogens with zero attached hydrogens (tertiary/aromatic N) is 4. The molecule has 74 heavy (non-hydrogen) atoms. The molecule has 352 valence electrons. The monoisotopic (exact) mass is 1210 g/mol. The summed E-state index contributed by atoms with van der Waals surface area (Å²) < 4.78 is 3.95. The van der Waals surface area contributed by atoms with Crippen molar-refractivity contribution in [1.29, 1.82) is 10.5 Å². The Balaban J connectivity index is 0.000000178. The van der Waals surface area contributed by atoms with Gasteiger partial charge in [-0.15, -0.1) is 0 Å². The van der Waals surface area contributed by atoms with Crippen molar-refractivity contribution in [3.05, 3.63) is 299 Å². The third-order valence-corrected chi connectivity index (χ3v) is 14.0. The fraction of sp³-hybridized carbons (Fsp3) is 0. The van der Waals surface area contributed by atoms with Crippen molar-refractivity contribution < 1.29 is 4.79 Å². The quantitative estimate of drug-likeness (QED) is 0.112. The fourth-order valence-electron chi connectivity index (χ4n) is 8.79. The summed E-state index contributed by atoms with van der Waals surface area (Å²) >= 11 is 14.2. The van der Waals surface area contributed by atoms with Crippen LogP contribution in [0.25, 0.3) is 76.5 Å². The molecular weight excluding hydrogens is 1170 g/mol. The molecule has 0 saturated carbocycles. The Morgan fingerprint density at radius 1 is 0.378 bits per heavy atom. The lowest BCUT2D eigenvalue weighted by molar-refractivity contribution is -0.108. The third-order valence-electron chi connectivity index (χ3n) is 11.9. The molecule has 0 bridgehead atoms. The lowest BCUT2D eigenvalue weighted by Crippen LogP contribution is -2.01. The third kappa shape index (κ3) is 11.7. The highest BCUT2D eigenvalue weighted by molar-refractivity contribution is 9.11. The minimum absolute atomic E-state index is 0.0539. The topological polar surface area (TPSA) is 73.4 Å². The molecule has 0 atom stereocenters. The second-order valence-electron chi connectivity index (χ2n) is 16.3. The summed E-state index contributed by atoms with van der Waals surface area (Å²) in [6.07, 6.45) is 2.24. The summed E-state index contributed by atoms with van der Waals surface area (Å²) in [7, 11) is 0. The zero-order chi connectivity index (χ0) is 52.0. The minimum Gasteiger partial charge on any atom is -0.289 e. The van der Waals surface area contributed by atoms with Crippen LogP contribution in [0.1, 0.15) is 27.8 Å². The average Bonchev–Trinajstić information content (AvgIpc) is 3.76. The summed E-state index contributed by atoms with van der Waals surface area (Å²) in [4.78, 5) is 20.8. The molecular formula is C65H38Br4N4O. The zero-order valence-corrected chi connectivity index (χ0v) is 45.5. The highest BCUT2D eigenvalue weighted by atomic mass is 79.9. The molecule has 0 amide bonds. The number of ketones is 1. The number of Topliss-reactive ketones (excluding diaryl/α,β-unsaturated/α-hetero) is 1. The normalized spacial score (nSPS) is 11.6. The van der Waals surface area contributed by atoms with Crippen LogP contribution in [0.15, 0.2) is 249 Å². The molecule has 1 aliphatic rings. The fourth-order valence-corrected chi connectivity index (χ4v) is 9.85. The molecule has 0 heterocycles. The lowest BCUT2D eigenvalue weighted by atomic mass is 9.79. The maximum atomic E-state index is 14.1. The van der Waals surface area contributed by atoms with Crippen LogP contribution in [-0.2, 0) is 4.79 Å². The van der Waals surface area contributed by atoms with E-state index in [9.17, 15) is 10.1 Å². The number of benzene rings is 9. The summed E-state index contributed by atoms with van der Waals surface area (Å²) in [6, 6.07) is 76.4. The van der Waals surface area contributed by atoms with Crippen molar-refractivity contribution in [3.8, 4) is 56.6 Å². The van der Waals surface area contributed by atoms with Gasteiger partial charge in [-0.05, 0) is 115 Å². The van der Waals surface area contributed by atoms with Crippen LogP contribution in [0.2, 0.25) is 0 Å². The molecule has 0 spiro atoms. The number of hydrogen-bond acceptors (Lipinski definition) is 3. The highest BCUT2D eigenvalue weighted by Gasteiger charge is 2.35. The van der Waals surface area contributed by atoms with Gasteiger partial charge in [0.25, 0.3) is 0 Å². The van der Waals surface area contributed by atoms with Crippen molar-refractivity contribution in [1.82, 2.24) is 0 Å². The van der Waals surface area contributed by atoms with Gasteiger partial charge in [-0.25, -0.2) is 9.69 Å². The van der Waals surface area contributed by atoms with Crippen LogP contribution in [0.4, 0.5) is 5.69 Å². The first-order valence-corrected chi connectivity index (χ1v) is 26.1. The lowest BCUT2D eigenvalue weighted by Gasteiger charge is -2.24. The van der Waals surface area contributed by atoms with Crippen LogP contribution in [-0.4, -0.2) is 5.78 Å². The van der Waals surface area contributed by atoms with E-state index in [0.717, 1.165) is 119 Å². The van der Waals surface area contributed by atoms with Gasteiger partial charge in [0.2, 0.25) is 5.69 Å². The number of carbonyl (C=O) groups excluding carboxylic acids is 1. The van der Waals surface area contributed by atoms with E-state index in [0.29, 0.717) is 11.3 Å². The Bertz CT molecular complexity index is 3500. The summed E-state index contributed by atoms with van der Waals surface area (Å²) in [5.74, 6) is 0.0539. The Kier molecular flexibility index (Phi) is 17.5. The molecule has 0 saturated heterocycles. The van der Waals surface area contributed by atoms with E-state index >= 15 is 0 Å². The SMILES string of the molecule is O=C1C(c2ccccc2)=C(c2ccc(Br)cc2)C(c2ccc(Br)cc2)=C1c1ccccc1.[C-]#[N+]/C=C/C#N.[C-]#[N+]c1c(C#N)c(-c2ccccc2)c(-c2ccc(Br)cc2)c(-c2ccc(Br)cc2)c1-c1ccccc1. The number of allylic oxidation sites excluding steroid dienone is 5. The molecule has 0 unspecified atom stereocenters. The number of carbonyl (C=O) groups is 1. The molecule has 0 N–H and O–H groups in total. The number of halogens is 4. The van der Waals surface area contributed by atoms with Gasteiger partial charge < -0.3 is 0 Å². The van der Waals surface area contributed by atoms with Crippen LogP contribution >= 0.6 is 63.7 Å². The second kappa shape index (κ2) is 24.9. The highest BCUT2D eigenvalue weighted by Crippen LogP contribution is 2.53. The Morgan fingerprint density at radius 2 is 0.676 bits per heavy atom. The van der Waals surface area contributed by atoms with E-state index in [1.54, 1.807) is 6.07 Å². The van der Waals surface area contributed by atoms with E-state index in [1.807, 2.05) is 170 Å². The van der Waals surface area contributed by atoms with E-state index in [-0.39, 0.29) is 5.78 Å². The van der Waals surface area contributed by atoms with E-state index in [1.165, 1.54) is 0 Å². The predicted molar refractivity (Wildman–Crippen MR) is 316 cm³/mol. The van der Waals surface area contributed by atoms with Gasteiger partial charge in [-0.2, -0.15) is 10.5 Å². The number of nitriles is 2. The Morgan fingerprint density at radius 3 is 0.986 bits per heavy atom. The van der Waals surface area contributed by atoms with Gasteiger partial charge in [-0.1, -0.05) is 234 Å². The summed E-state index contributed by atoms with van der Waals surface area (Å²) in [6.45, 7) is 14.3. The predicted octanol–water partition coefficient (Wildman–Crippen LogP) is 19.6. The van der Waals surface area contributed by atoms with Crippen LogP contribution < -0.4 is 0 Å². The average molecular weight is 1210 g/mol. The smallest absolute Gasteiger partial charge is 0.213 e. The van der Waals surface area contributed by atoms with Crippen LogP contribution in [0.5, 0.6) is 0 Å². The number of hydrogen-bond donors (Lipinski definition) is 0. The number of rotatable bonds is 8. The maximum absolute atomic E-state index is 14.1. The first-order chi connectivity index (χ1) is 36.2. The summed E-state index contributed by atoms with van der Waals surface area (Å²) in [5.41, 5.74) is 15.2. The molecule has 10 rings (SSSR count). The molecule has 0 radical (unpaired) electrons. The zero-order valence-electron chi connectivity index (χ0n) is 39.1. The van der Waals surface area contributed by atoms with Gasteiger partial charge >= 0.3 is 0 Å². The second-order valence-corrected chi connectivity index (χ2v) is 20.0. The first kappa shape index (κ1) is 52.1. The molecule has 0 fully saturated rings. The standard InChI is InChI=1S/C32H18Br2N2.C29H18Br2O.C4H2N2/c1-36-32-27(20-35)28(21-8-4-2-5-9-21)29(23-12-16-25(33)17-13-23)30(24-14-18-26(34)19-15-24)31(32)22-10-6-3-7-11-22;30-23-15-11-21(12-16-23)25-26(22-13-17-24(31)18-14-22)28(20-9-5-2-6-10-20)29(32)27(25)19-7-3-1-4-8-19;1-6-4-2-3-5/h2-19H;1-18H;2,4H/b;;4-2+. The van der Waals surface area contributed by atoms with E-state index in [4.69, 9.17) is 18.4 Å². The maximum Gasteiger partial charge on any atom is 0.213 e. The largest absolute Gasteiger partial charge is 0.289 e. The molecule has 9 heteroatoms. The van der Waals surface area contributed by atoms with Crippen LogP contribution in [0, 0.1) is 35.8 Å². The van der Waals surface area contributed by atoms with Crippen molar-refractivity contribution in [2.75, 3.05) is 0 Å². The van der Waals surface area contributed by atoms with Crippen LogP contribution in [0.3, 0.4) is 0 Å². The van der Waals surface area contributed by atoms with Gasteiger partial charge in [0, 0.05) is 46.3 Å². The molecule has 0 aliphatic heterocycles. The van der Waals surface area contributed by atoms with Crippen molar-refractivity contribution >= 4 is 97.5 Å². The minimum atomic E-state index is 0.0539. The Hall–Kier alpha value is -8.25. The summed E-state index contributed by atoms with van der Waals surface area (Å²) in [5, 5.41) is 18.2. The van der Waals surface area contributed by atoms with Gasteiger partial charge in [0.15, 0.2) is 12.0 Å². The van der Waals surface area contributed by atoms with Gasteiger partial charge in [0.1, 0.15) is 0 Å². The van der Waals surface area contributed by atoms with E-state index in [2.05, 4.69) is 128 Å². The molecule has 0 aromatic heterocycles. The molecule has 1 aliphatic carbocycles. The van der Waals surface area contributed by atoms with Gasteiger partial charge in [0.05, 0.1) is 30.8 Å². The van der Waals surface area contributed by atoms with Crippen molar-refractivity contribution in [2.45, 2.75) is 0 Å².